The molecule has 0 radical (unpaired) electrons. The van der Waals surface area contributed by atoms with Crippen molar-refractivity contribution in [3.63, 3.8) is 0 Å². The third-order valence-electron chi connectivity index (χ3n) is 2.69. The van der Waals surface area contributed by atoms with Gasteiger partial charge in [0.05, 0.1) is 6.61 Å². The smallest absolute Gasteiger partial charge is 0.168 e. The zero-order valence-corrected chi connectivity index (χ0v) is 9.17. The number of ether oxygens (including phenoxy) is 1. The molecule has 1 aliphatic rings. The fourth-order valence-corrected chi connectivity index (χ4v) is 1.56. The largest absolute Gasteiger partial charge is 0.490 e. The van der Waals surface area contributed by atoms with Gasteiger partial charge in [-0.3, -0.25) is 0 Å². The summed E-state index contributed by atoms with van der Waals surface area (Å²) < 4.78 is 31.9. The average Bonchev–Trinajstić information content (AvgIpc) is 2.98. The highest BCUT2D eigenvalue weighted by Crippen LogP contribution is 2.33. The second kappa shape index (κ2) is 4.37. The van der Waals surface area contributed by atoms with Gasteiger partial charge in [-0.15, -0.1) is 0 Å². The van der Waals surface area contributed by atoms with E-state index >= 15 is 0 Å². The Hall–Kier alpha value is -1.16. The van der Waals surface area contributed by atoms with Gasteiger partial charge >= 0.3 is 0 Å². The van der Waals surface area contributed by atoms with Crippen LogP contribution in [-0.4, -0.2) is 6.61 Å². The summed E-state index contributed by atoms with van der Waals surface area (Å²) in [6, 6.07) is 1.61. The Morgan fingerprint density at radius 3 is 2.69 bits per heavy atom. The summed E-state index contributed by atoms with van der Waals surface area (Å²) in [7, 11) is 0. The predicted octanol–water partition coefficient (Wildman–Crippen LogP) is 2.77. The van der Waals surface area contributed by atoms with Gasteiger partial charge in [0, 0.05) is 17.7 Å². The van der Waals surface area contributed by atoms with Crippen molar-refractivity contribution in [1.82, 2.24) is 0 Å². The topological polar surface area (TPSA) is 35.2 Å². The van der Waals surface area contributed by atoms with Gasteiger partial charge in [0.2, 0.25) is 0 Å². The first-order chi connectivity index (χ1) is 7.58. The van der Waals surface area contributed by atoms with Gasteiger partial charge in [0.1, 0.15) is 5.82 Å². The van der Waals surface area contributed by atoms with E-state index in [1.165, 1.54) is 6.07 Å². The molecule has 1 fully saturated rings. The van der Waals surface area contributed by atoms with E-state index in [9.17, 15) is 8.78 Å². The van der Waals surface area contributed by atoms with Crippen LogP contribution in [0.1, 0.15) is 31.4 Å². The van der Waals surface area contributed by atoms with Gasteiger partial charge in [0.25, 0.3) is 0 Å². The Bertz CT molecular complexity index is 389. The van der Waals surface area contributed by atoms with Crippen molar-refractivity contribution < 1.29 is 13.5 Å². The summed E-state index contributed by atoms with van der Waals surface area (Å²) in [6.45, 7) is 2.17. The summed E-state index contributed by atoms with van der Waals surface area (Å²) in [5.41, 5.74) is 6.05. The molecule has 0 amide bonds. The normalized spacial score (nSPS) is 17.2. The van der Waals surface area contributed by atoms with Crippen molar-refractivity contribution in [3.8, 4) is 5.75 Å². The number of nitrogens with two attached hydrogens (primary N) is 1. The fourth-order valence-electron chi connectivity index (χ4n) is 1.56. The van der Waals surface area contributed by atoms with E-state index in [1.807, 2.05) is 0 Å². The second-order valence-corrected chi connectivity index (χ2v) is 4.35. The molecular formula is C12H15F2NO. The molecule has 16 heavy (non-hydrogen) atoms. The van der Waals surface area contributed by atoms with E-state index in [-0.39, 0.29) is 5.75 Å². The van der Waals surface area contributed by atoms with Crippen LogP contribution < -0.4 is 10.5 Å². The van der Waals surface area contributed by atoms with Gasteiger partial charge in [-0.05, 0) is 31.7 Å². The minimum Gasteiger partial charge on any atom is -0.490 e. The van der Waals surface area contributed by atoms with Crippen LogP contribution in [0.25, 0.3) is 0 Å². The molecule has 1 unspecified atom stereocenters. The van der Waals surface area contributed by atoms with E-state index in [0.717, 1.165) is 18.9 Å². The van der Waals surface area contributed by atoms with E-state index in [1.54, 1.807) is 6.92 Å². The lowest BCUT2D eigenvalue weighted by atomic mass is 10.1. The van der Waals surface area contributed by atoms with Crippen molar-refractivity contribution in [2.45, 2.75) is 25.8 Å². The molecule has 1 aromatic rings. The maximum absolute atomic E-state index is 13.5. The lowest BCUT2D eigenvalue weighted by Crippen LogP contribution is -2.11. The highest BCUT2D eigenvalue weighted by Gasteiger charge is 2.24. The van der Waals surface area contributed by atoms with Crippen LogP contribution >= 0.6 is 0 Å². The van der Waals surface area contributed by atoms with E-state index in [2.05, 4.69) is 0 Å². The minimum atomic E-state index is -0.673. The lowest BCUT2D eigenvalue weighted by Gasteiger charge is -2.14. The van der Waals surface area contributed by atoms with Gasteiger partial charge < -0.3 is 10.5 Å². The number of hydrogen-bond acceptors (Lipinski definition) is 2. The Morgan fingerprint density at radius 1 is 1.44 bits per heavy atom. The molecule has 0 heterocycles. The quantitative estimate of drug-likeness (QED) is 0.858. The lowest BCUT2D eigenvalue weighted by molar-refractivity contribution is 0.280. The van der Waals surface area contributed by atoms with Crippen LogP contribution in [0.3, 0.4) is 0 Å². The summed E-state index contributed by atoms with van der Waals surface area (Å²) >= 11 is 0. The van der Waals surface area contributed by atoms with Crippen LogP contribution in [0.4, 0.5) is 8.78 Å². The third kappa shape index (κ3) is 2.50. The molecule has 2 nitrogen and oxygen atoms in total. The second-order valence-electron chi connectivity index (χ2n) is 4.35. The first kappa shape index (κ1) is 11.3. The third-order valence-corrected chi connectivity index (χ3v) is 2.69. The molecule has 1 atom stereocenters. The maximum Gasteiger partial charge on any atom is 0.168 e. The Kier molecular flexibility index (Phi) is 3.10. The summed E-state index contributed by atoms with van der Waals surface area (Å²) in [4.78, 5) is 0. The first-order valence-electron chi connectivity index (χ1n) is 5.45. The first-order valence-corrected chi connectivity index (χ1v) is 5.45. The molecule has 0 aromatic heterocycles. The average molecular weight is 227 g/mol. The van der Waals surface area contributed by atoms with Gasteiger partial charge in [0.15, 0.2) is 11.6 Å². The summed E-state index contributed by atoms with van der Waals surface area (Å²) in [6.07, 6.45) is 2.24. The molecule has 1 aromatic carbocycles. The Morgan fingerprint density at radius 2 is 2.12 bits per heavy atom. The van der Waals surface area contributed by atoms with Crippen molar-refractivity contribution >= 4 is 0 Å². The zero-order chi connectivity index (χ0) is 11.7. The summed E-state index contributed by atoms with van der Waals surface area (Å²) in [5.74, 6) is -0.676. The number of benzene rings is 1. The fraction of sp³-hybridized carbons (Fsp3) is 0.500. The molecule has 0 spiro atoms. The zero-order valence-electron chi connectivity index (χ0n) is 9.17. The van der Waals surface area contributed by atoms with Crippen LogP contribution in [-0.2, 0) is 0 Å². The molecule has 2 N–H and O–H groups in total. The van der Waals surface area contributed by atoms with E-state index < -0.39 is 17.7 Å². The predicted molar refractivity (Wildman–Crippen MR) is 57.2 cm³/mol. The number of hydrogen-bond donors (Lipinski definition) is 1. The van der Waals surface area contributed by atoms with E-state index in [0.29, 0.717) is 18.1 Å². The van der Waals surface area contributed by atoms with Crippen LogP contribution in [0.2, 0.25) is 0 Å². The molecule has 88 valence electrons. The van der Waals surface area contributed by atoms with Crippen molar-refractivity contribution in [2.75, 3.05) is 6.61 Å². The van der Waals surface area contributed by atoms with Crippen molar-refractivity contribution in [1.29, 1.82) is 0 Å². The van der Waals surface area contributed by atoms with Crippen LogP contribution in [0.15, 0.2) is 12.1 Å². The molecule has 1 saturated carbocycles. The van der Waals surface area contributed by atoms with Crippen molar-refractivity contribution in [2.24, 2.45) is 11.7 Å². The summed E-state index contributed by atoms with van der Waals surface area (Å²) in [5, 5.41) is 0. The number of halogens is 2. The van der Waals surface area contributed by atoms with Crippen LogP contribution in [0, 0.1) is 17.6 Å². The molecule has 0 bridgehead atoms. The highest BCUT2D eigenvalue weighted by molar-refractivity contribution is 5.37. The molecule has 1 aliphatic carbocycles. The molecule has 0 saturated heterocycles. The SMILES string of the molecule is CC(N)c1cc(F)cc(F)c1OCC1CC1. The van der Waals surface area contributed by atoms with E-state index in [4.69, 9.17) is 10.5 Å². The Balaban J connectivity index is 2.24. The van der Waals surface area contributed by atoms with Gasteiger partial charge in [-0.1, -0.05) is 0 Å². The Labute approximate surface area is 93.4 Å². The maximum atomic E-state index is 13.5. The minimum absolute atomic E-state index is 0.100. The van der Waals surface area contributed by atoms with Gasteiger partial charge in [-0.2, -0.15) is 0 Å². The molecule has 2 rings (SSSR count). The highest BCUT2D eigenvalue weighted by atomic mass is 19.1. The molecular weight excluding hydrogens is 212 g/mol. The molecule has 4 heteroatoms. The van der Waals surface area contributed by atoms with Gasteiger partial charge in [-0.25, -0.2) is 8.78 Å². The monoisotopic (exact) mass is 227 g/mol. The molecule has 0 aliphatic heterocycles. The standard InChI is InChI=1S/C12H15F2NO/c1-7(15)10-4-9(13)5-11(14)12(10)16-6-8-2-3-8/h4-5,7-8H,2-3,6,15H2,1H3. The van der Waals surface area contributed by atoms with Crippen molar-refractivity contribution in [3.05, 3.63) is 29.3 Å². The van der Waals surface area contributed by atoms with Crippen LogP contribution in [0.5, 0.6) is 5.75 Å². The number of rotatable bonds is 4.